The van der Waals surface area contributed by atoms with Crippen molar-refractivity contribution in [3.05, 3.63) is 63.9 Å². The van der Waals surface area contributed by atoms with Crippen LogP contribution < -0.4 is 4.90 Å². The summed E-state index contributed by atoms with van der Waals surface area (Å²) in [4.78, 5) is 2.38. The smallest absolute Gasteiger partial charge is 0.124 e. The van der Waals surface area contributed by atoms with Crippen molar-refractivity contribution < 1.29 is 4.39 Å². The molecule has 0 aromatic heterocycles. The van der Waals surface area contributed by atoms with Gasteiger partial charge in [0.1, 0.15) is 5.82 Å². The predicted octanol–water partition coefficient (Wildman–Crippen LogP) is 4.54. The molecular weight excluding hydrogens is 305 g/mol. The van der Waals surface area contributed by atoms with Crippen molar-refractivity contribution in [1.82, 2.24) is 0 Å². The van der Waals surface area contributed by atoms with E-state index in [0.717, 1.165) is 23.0 Å². The number of nitrogens with zero attached hydrogens (tertiary/aromatic N) is 1. The molecule has 0 saturated heterocycles. The Kier molecular flexibility index (Phi) is 3.31. The molecule has 0 fully saturated rings. The molecule has 2 aromatic rings. The van der Waals surface area contributed by atoms with Gasteiger partial charge in [-0.3, -0.25) is 0 Å². The van der Waals surface area contributed by atoms with Gasteiger partial charge in [0.2, 0.25) is 0 Å². The highest BCUT2D eigenvalue weighted by Gasteiger charge is 2.25. The topological polar surface area (TPSA) is 3.24 Å². The lowest BCUT2D eigenvalue weighted by molar-refractivity contribution is 0.624. The van der Waals surface area contributed by atoms with Crippen molar-refractivity contribution in [3.63, 3.8) is 0 Å². The summed E-state index contributed by atoms with van der Waals surface area (Å²) in [5.41, 5.74) is 3.81. The fraction of sp³-hybridized carbons (Fsp3) is 0.250. The molecule has 98 valence electrons. The first-order valence-electron chi connectivity index (χ1n) is 6.43. The fourth-order valence-electron chi connectivity index (χ4n) is 2.70. The SMILES string of the molecule is CC1Cc2ccccc2N1Cc1ccc(F)cc1Br. The normalized spacial score (nSPS) is 17.6. The van der Waals surface area contributed by atoms with E-state index < -0.39 is 0 Å². The molecule has 0 amide bonds. The molecular formula is C16H15BrFN. The summed E-state index contributed by atoms with van der Waals surface area (Å²) in [6, 6.07) is 13.9. The van der Waals surface area contributed by atoms with Gasteiger partial charge >= 0.3 is 0 Å². The largest absolute Gasteiger partial charge is 0.364 e. The van der Waals surface area contributed by atoms with Gasteiger partial charge in [-0.15, -0.1) is 0 Å². The van der Waals surface area contributed by atoms with Crippen LogP contribution in [0.15, 0.2) is 46.9 Å². The van der Waals surface area contributed by atoms with Gasteiger partial charge in [-0.05, 0) is 42.7 Å². The molecule has 0 bridgehead atoms. The van der Waals surface area contributed by atoms with Gasteiger partial charge in [0.05, 0.1) is 0 Å². The van der Waals surface area contributed by atoms with E-state index in [9.17, 15) is 4.39 Å². The van der Waals surface area contributed by atoms with Gasteiger partial charge < -0.3 is 4.90 Å². The molecule has 3 heteroatoms. The van der Waals surface area contributed by atoms with Crippen molar-refractivity contribution in [3.8, 4) is 0 Å². The highest BCUT2D eigenvalue weighted by Crippen LogP contribution is 2.34. The summed E-state index contributed by atoms with van der Waals surface area (Å²) in [6.45, 7) is 3.04. The molecule has 1 atom stereocenters. The van der Waals surface area contributed by atoms with Crippen LogP contribution in [0.3, 0.4) is 0 Å². The molecule has 0 radical (unpaired) electrons. The van der Waals surface area contributed by atoms with Crippen molar-refractivity contribution in [2.45, 2.75) is 25.9 Å². The average Bonchev–Trinajstić information content (AvgIpc) is 2.69. The quantitative estimate of drug-likeness (QED) is 0.785. The summed E-state index contributed by atoms with van der Waals surface area (Å²) < 4.78 is 14.0. The third kappa shape index (κ3) is 2.39. The molecule has 1 unspecified atom stereocenters. The van der Waals surface area contributed by atoms with Gasteiger partial charge in [0, 0.05) is 22.7 Å². The lowest BCUT2D eigenvalue weighted by Crippen LogP contribution is -2.28. The van der Waals surface area contributed by atoms with Crippen LogP contribution in [0.25, 0.3) is 0 Å². The van der Waals surface area contributed by atoms with Gasteiger partial charge in [0.15, 0.2) is 0 Å². The second-order valence-electron chi connectivity index (χ2n) is 5.05. The van der Waals surface area contributed by atoms with Crippen LogP contribution in [0.2, 0.25) is 0 Å². The zero-order valence-corrected chi connectivity index (χ0v) is 12.3. The van der Waals surface area contributed by atoms with E-state index in [4.69, 9.17) is 0 Å². The second kappa shape index (κ2) is 4.97. The van der Waals surface area contributed by atoms with Crippen LogP contribution in [-0.4, -0.2) is 6.04 Å². The first-order chi connectivity index (χ1) is 9.15. The number of para-hydroxylation sites is 1. The maximum absolute atomic E-state index is 13.1. The lowest BCUT2D eigenvalue weighted by Gasteiger charge is -2.25. The van der Waals surface area contributed by atoms with Crippen LogP contribution in [0.4, 0.5) is 10.1 Å². The van der Waals surface area contributed by atoms with Crippen LogP contribution in [-0.2, 0) is 13.0 Å². The summed E-state index contributed by atoms with van der Waals surface area (Å²) in [7, 11) is 0. The Morgan fingerprint density at radius 3 is 2.84 bits per heavy atom. The minimum Gasteiger partial charge on any atom is -0.364 e. The zero-order valence-electron chi connectivity index (χ0n) is 10.7. The standard InChI is InChI=1S/C16H15BrFN/c1-11-8-12-4-2-3-5-16(12)19(11)10-13-6-7-14(18)9-15(13)17/h2-7,9,11H,8,10H2,1H3. The minimum atomic E-state index is -0.203. The van der Waals surface area contributed by atoms with Crippen molar-refractivity contribution in [2.75, 3.05) is 4.90 Å². The van der Waals surface area contributed by atoms with Crippen molar-refractivity contribution in [1.29, 1.82) is 0 Å². The molecule has 19 heavy (non-hydrogen) atoms. The number of benzene rings is 2. The third-order valence-corrected chi connectivity index (χ3v) is 4.44. The summed E-state index contributed by atoms with van der Waals surface area (Å²) in [5.74, 6) is -0.203. The Bertz CT molecular complexity index is 611. The molecule has 1 aliphatic heterocycles. The number of halogens is 2. The molecule has 2 aromatic carbocycles. The highest BCUT2D eigenvalue weighted by atomic mass is 79.9. The Balaban J connectivity index is 1.91. The number of fused-ring (bicyclic) bond motifs is 1. The molecule has 1 heterocycles. The van der Waals surface area contributed by atoms with Crippen molar-refractivity contribution >= 4 is 21.6 Å². The number of hydrogen-bond donors (Lipinski definition) is 0. The maximum atomic E-state index is 13.1. The monoisotopic (exact) mass is 319 g/mol. The van der Waals surface area contributed by atoms with Crippen LogP contribution in [0, 0.1) is 5.82 Å². The van der Waals surface area contributed by atoms with Crippen LogP contribution in [0.5, 0.6) is 0 Å². The molecule has 0 spiro atoms. The predicted molar refractivity (Wildman–Crippen MR) is 79.9 cm³/mol. The van der Waals surface area contributed by atoms with E-state index in [0.29, 0.717) is 6.04 Å². The van der Waals surface area contributed by atoms with Gasteiger partial charge in [-0.25, -0.2) is 4.39 Å². The first-order valence-corrected chi connectivity index (χ1v) is 7.23. The zero-order chi connectivity index (χ0) is 13.4. The summed E-state index contributed by atoms with van der Waals surface area (Å²) >= 11 is 3.45. The van der Waals surface area contributed by atoms with Gasteiger partial charge in [0.25, 0.3) is 0 Å². The van der Waals surface area contributed by atoms with Crippen molar-refractivity contribution in [2.24, 2.45) is 0 Å². The molecule has 3 rings (SSSR count). The van der Waals surface area contributed by atoms with Crippen LogP contribution >= 0.6 is 15.9 Å². The van der Waals surface area contributed by atoms with Gasteiger partial charge in [-0.2, -0.15) is 0 Å². The molecule has 1 nitrogen and oxygen atoms in total. The Labute approximate surface area is 121 Å². The summed E-state index contributed by atoms with van der Waals surface area (Å²) in [6.07, 6.45) is 1.08. The fourth-order valence-corrected chi connectivity index (χ4v) is 3.18. The van der Waals surface area contributed by atoms with E-state index in [2.05, 4.69) is 52.0 Å². The van der Waals surface area contributed by atoms with E-state index in [1.54, 1.807) is 0 Å². The number of rotatable bonds is 2. The Morgan fingerprint density at radius 1 is 1.26 bits per heavy atom. The van der Waals surface area contributed by atoms with E-state index in [-0.39, 0.29) is 5.82 Å². The number of hydrogen-bond acceptors (Lipinski definition) is 1. The first kappa shape index (κ1) is 12.7. The minimum absolute atomic E-state index is 0.203. The third-order valence-electron chi connectivity index (χ3n) is 3.70. The average molecular weight is 320 g/mol. The van der Waals surface area contributed by atoms with Gasteiger partial charge in [-0.1, -0.05) is 40.2 Å². The van der Waals surface area contributed by atoms with Crippen LogP contribution in [0.1, 0.15) is 18.1 Å². The molecule has 0 aliphatic carbocycles. The summed E-state index contributed by atoms with van der Waals surface area (Å²) in [5, 5.41) is 0. The number of anilines is 1. The van der Waals surface area contributed by atoms with E-state index in [1.165, 1.54) is 23.4 Å². The molecule has 0 saturated carbocycles. The van der Waals surface area contributed by atoms with E-state index in [1.807, 2.05) is 6.07 Å². The maximum Gasteiger partial charge on any atom is 0.124 e. The Morgan fingerprint density at radius 2 is 2.05 bits per heavy atom. The molecule has 1 aliphatic rings. The highest BCUT2D eigenvalue weighted by molar-refractivity contribution is 9.10. The lowest BCUT2D eigenvalue weighted by atomic mass is 10.1. The molecule has 0 N–H and O–H groups in total. The van der Waals surface area contributed by atoms with E-state index >= 15 is 0 Å². The second-order valence-corrected chi connectivity index (χ2v) is 5.90. The Hall–Kier alpha value is -1.35.